The number of likely N-dealkylation sites (tertiary alicyclic amines) is 1. The highest BCUT2D eigenvalue weighted by Gasteiger charge is 2.44. The lowest BCUT2D eigenvalue weighted by Crippen LogP contribution is -2.48. The minimum Gasteiger partial charge on any atom is -0.387 e. The van der Waals surface area contributed by atoms with Gasteiger partial charge in [0, 0.05) is 44.4 Å². The van der Waals surface area contributed by atoms with E-state index in [-0.39, 0.29) is 11.5 Å². The van der Waals surface area contributed by atoms with E-state index in [1.807, 2.05) is 10.9 Å². The van der Waals surface area contributed by atoms with Crippen molar-refractivity contribution in [1.29, 1.82) is 0 Å². The number of nitrogens with one attached hydrogen (secondary N) is 1. The fraction of sp³-hybridized carbons (Fsp3) is 0.688. The van der Waals surface area contributed by atoms with Gasteiger partial charge in [-0.25, -0.2) is 0 Å². The molecule has 0 bridgehead atoms. The molecule has 1 aromatic heterocycles. The number of hydrogen-bond donors (Lipinski definition) is 1. The third kappa shape index (κ3) is 3.39. The zero-order valence-corrected chi connectivity index (χ0v) is 14.1. The van der Waals surface area contributed by atoms with Gasteiger partial charge in [-0.05, 0) is 33.2 Å². The zero-order chi connectivity index (χ0) is 16.4. The Morgan fingerprint density at radius 1 is 1.52 bits per heavy atom. The number of aromatic nitrogens is 2. The average Bonchev–Trinajstić information content (AvgIpc) is 3.14. The molecule has 1 aromatic rings. The van der Waals surface area contributed by atoms with E-state index in [0.29, 0.717) is 18.2 Å². The molecule has 0 saturated carbocycles. The van der Waals surface area contributed by atoms with Crippen LogP contribution in [0.3, 0.4) is 0 Å². The van der Waals surface area contributed by atoms with Crippen LogP contribution in [0.15, 0.2) is 17.5 Å². The molecule has 7 nitrogen and oxygen atoms in total. The molecule has 1 N–H and O–H groups in total. The number of nitrogens with zero attached hydrogens (tertiary/aromatic N) is 4. The van der Waals surface area contributed by atoms with Gasteiger partial charge in [-0.3, -0.25) is 14.4 Å². The molecular weight excluding hydrogens is 294 g/mol. The molecule has 126 valence electrons. The van der Waals surface area contributed by atoms with Crippen LogP contribution in [0.1, 0.15) is 44.7 Å². The first-order chi connectivity index (χ1) is 11.0. The Morgan fingerprint density at radius 3 is 3.04 bits per heavy atom. The molecule has 0 unspecified atom stereocenters. The maximum atomic E-state index is 11.7. The molecule has 1 saturated heterocycles. The highest BCUT2D eigenvalue weighted by atomic mass is 16.7. The summed E-state index contributed by atoms with van der Waals surface area (Å²) in [5, 5.41) is 11.0. The average molecular weight is 319 g/mol. The third-order valence-electron chi connectivity index (χ3n) is 4.54. The summed E-state index contributed by atoms with van der Waals surface area (Å²) in [4.78, 5) is 19.8. The van der Waals surface area contributed by atoms with Gasteiger partial charge in [-0.15, -0.1) is 0 Å². The molecule has 23 heavy (non-hydrogen) atoms. The number of rotatable bonds is 4. The number of carbonyl (C=O) groups is 1. The molecule has 1 amide bonds. The van der Waals surface area contributed by atoms with Crippen molar-refractivity contribution < 1.29 is 9.63 Å². The molecule has 0 radical (unpaired) electrons. The number of oxime groups is 1. The van der Waals surface area contributed by atoms with Gasteiger partial charge in [-0.2, -0.15) is 5.10 Å². The fourth-order valence-electron chi connectivity index (χ4n) is 3.33. The second-order valence-corrected chi connectivity index (χ2v) is 6.80. The van der Waals surface area contributed by atoms with E-state index in [4.69, 9.17) is 4.84 Å². The lowest BCUT2D eigenvalue weighted by Gasteiger charge is -2.38. The van der Waals surface area contributed by atoms with Crippen molar-refractivity contribution in [2.75, 3.05) is 20.1 Å². The molecule has 0 aliphatic carbocycles. The highest BCUT2D eigenvalue weighted by Crippen LogP contribution is 2.34. The van der Waals surface area contributed by atoms with Crippen molar-refractivity contribution >= 4 is 11.6 Å². The summed E-state index contributed by atoms with van der Waals surface area (Å²) in [6.07, 6.45) is 6.62. The van der Waals surface area contributed by atoms with Crippen LogP contribution in [0.5, 0.6) is 0 Å². The van der Waals surface area contributed by atoms with Gasteiger partial charge in [0.05, 0.1) is 6.20 Å². The molecule has 2 aliphatic heterocycles. The second kappa shape index (κ2) is 6.31. The fourth-order valence-corrected chi connectivity index (χ4v) is 3.33. The zero-order valence-electron chi connectivity index (χ0n) is 14.1. The Kier molecular flexibility index (Phi) is 4.39. The van der Waals surface area contributed by atoms with Gasteiger partial charge in [0.25, 0.3) is 5.91 Å². The van der Waals surface area contributed by atoms with Gasteiger partial charge in [0.2, 0.25) is 0 Å². The van der Waals surface area contributed by atoms with Crippen LogP contribution in [0, 0.1) is 0 Å². The Morgan fingerprint density at radius 2 is 2.35 bits per heavy atom. The van der Waals surface area contributed by atoms with Crippen LogP contribution in [0.2, 0.25) is 0 Å². The maximum Gasteiger partial charge on any atom is 0.268 e. The Balaban J connectivity index is 1.61. The highest BCUT2D eigenvalue weighted by molar-refractivity contribution is 6.39. The van der Waals surface area contributed by atoms with Crippen molar-refractivity contribution in [1.82, 2.24) is 20.0 Å². The van der Waals surface area contributed by atoms with Gasteiger partial charge < -0.3 is 10.2 Å². The summed E-state index contributed by atoms with van der Waals surface area (Å²) < 4.78 is 1.98. The number of piperidine rings is 1. The largest absolute Gasteiger partial charge is 0.387 e. The first kappa shape index (κ1) is 16.0. The first-order valence-electron chi connectivity index (χ1n) is 8.24. The van der Waals surface area contributed by atoms with E-state index in [2.05, 4.69) is 40.5 Å². The van der Waals surface area contributed by atoms with Crippen LogP contribution in [-0.2, 0) is 16.2 Å². The van der Waals surface area contributed by atoms with E-state index in [1.165, 1.54) is 5.56 Å². The van der Waals surface area contributed by atoms with E-state index < -0.39 is 0 Å². The molecule has 1 atom stereocenters. The number of amides is 1. The van der Waals surface area contributed by atoms with Crippen molar-refractivity contribution in [3.05, 3.63) is 18.0 Å². The SMILES string of the molecule is CNC(=O)C1=NO[C@]2(CCCN(Cc3cnn(C(C)C)c3)C2)C1. The normalized spacial score (nSPS) is 24.8. The molecule has 3 heterocycles. The first-order valence-corrected chi connectivity index (χ1v) is 8.24. The lowest BCUT2D eigenvalue weighted by atomic mass is 9.88. The molecular formula is C16H25N5O2. The number of carbonyl (C=O) groups excluding carboxylic acids is 1. The van der Waals surface area contributed by atoms with Crippen LogP contribution in [0.4, 0.5) is 0 Å². The summed E-state index contributed by atoms with van der Waals surface area (Å²) in [5.41, 5.74) is 1.37. The summed E-state index contributed by atoms with van der Waals surface area (Å²) >= 11 is 0. The molecule has 1 spiro atoms. The van der Waals surface area contributed by atoms with Crippen molar-refractivity contribution in [2.24, 2.45) is 5.16 Å². The standard InChI is InChI=1S/C16H25N5O2/c1-12(2)21-10-13(8-18-21)9-20-6-4-5-16(11-20)7-14(19-23-16)15(22)17-3/h8,10,12H,4-7,9,11H2,1-3H3,(H,17,22)/t16-/m1/s1. The van der Waals surface area contributed by atoms with Crippen molar-refractivity contribution in [3.63, 3.8) is 0 Å². The third-order valence-corrected chi connectivity index (χ3v) is 4.54. The minimum absolute atomic E-state index is 0.141. The van der Waals surface area contributed by atoms with Crippen LogP contribution in [0.25, 0.3) is 0 Å². The predicted octanol–water partition coefficient (Wildman–Crippen LogP) is 1.32. The summed E-state index contributed by atoms with van der Waals surface area (Å²) in [6.45, 7) is 6.93. The Labute approximate surface area is 136 Å². The van der Waals surface area contributed by atoms with E-state index in [0.717, 1.165) is 32.5 Å². The van der Waals surface area contributed by atoms with Gasteiger partial charge >= 0.3 is 0 Å². The van der Waals surface area contributed by atoms with Crippen LogP contribution >= 0.6 is 0 Å². The molecule has 2 aliphatic rings. The minimum atomic E-state index is -0.339. The summed E-state index contributed by atoms with van der Waals surface area (Å²) in [7, 11) is 1.62. The van der Waals surface area contributed by atoms with E-state index in [9.17, 15) is 4.79 Å². The monoisotopic (exact) mass is 319 g/mol. The summed E-state index contributed by atoms with van der Waals surface area (Å²) in [5.74, 6) is -0.141. The Bertz CT molecular complexity index is 609. The molecule has 0 aromatic carbocycles. The maximum absolute atomic E-state index is 11.7. The van der Waals surface area contributed by atoms with E-state index >= 15 is 0 Å². The van der Waals surface area contributed by atoms with Gasteiger partial charge in [0.15, 0.2) is 5.60 Å². The van der Waals surface area contributed by atoms with Gasteiger partial charge in [0.1, 0.15) is 5.71 Å². The molecule has 7 heteroatoms. The van der Waals surface area contributed by atoms with Gasteiger partial charge in [-0.1, -0.05) is 5.16 Å². The molecule has 1 fully saturated rings. The van der Waals surface area contributed by atoms with Crippen molar-refractivity contribution in [2.45, 2.75) is 51.3 Å². The van der Waals surface area contributed by atoms with Crippen molar-refractivity contribution in [3.8, 4) is 0 Å². The van der Waals surface area contributed by atoms with E-state index in [1.54, 1.807) is 7.05 Å². The van der Waals surface area contributed by atoms with Crippen LogP contribution in [-0.4, -0.2) is 52.0 Å². The topological polar surface area (TPSA) is 71.8 Å². The molecule has 3 rings (SSSR count). The van der Waals surface area contributed by atoms with Crippen LogP contribution < -0.4 is 5.32 Å². The quantitative estimate of drug-likeness (QED) is 0.908. The summed E-state index contributed by atoms with van der Waals surface area (Å²) in [6, 6.07) is 0.373. The second-order valence-electron chi connectivity index (χ2n) is 6.80. The number of hydrogen-bond acceptors (Lipinski definition) is 5. The lowest BCUT2D eigenvalue weighted by molar-refractivity contribution is -0.114. The smallest absolute Gasteiger partial charge is 0.268 e. The predicted molar refractivity (Wildman–Crippen MR) is 87.1 cm³/mol. The Hall–Kier alpha value is -1.89.